The van der Waals surface area contributed by atoms with Crippen molar-refractivity contribution in [3.63, 3.8) is 0 Å². The zero-order valence-electron chi connectivity index (χ0n) is 13.3. The zero-order chi connectivity index (χ0) is 15.7. The van der Waals surface area contributed by atoms with Gasteiger partial charge in [0.15, 0.2) is 0 Å². The molecule has 0 aliphatic rings. The first-order valence-corrected chi connectivity index (χ1v) is 7.16. The van der Waals surface area contributed by atoms with Crippen molar-refractivity contribution in [2.45, 2.75) is 0 Å². The van der Waals surface area contributed by atoms with Gasteiger partial charge in [-0.2, -0.15) is 0 Å². The van der Waals surface area contributed by atoms with Crippen molar-refractivity contribution in [1.82, 2.24) is 9.97 Å². The molecule has 0 saturated heterocycles. The molecule has 0 amide bonds. The Labute approximate surface area is 129 Å². The molecule has 3 aromatic rings. The smallest absolute Gasteiger partial charge is 0.142 e. The van der Waals surface area contributed by atoms with Crippen molar-refractivity contribution in [2.75, 3.05) is 38.5 Å². The van der Waals surface area contributed by atoms with Crippen molar-refractivity contribution in [1.29, 1.82) is 0 Å². The summed E-state index contributed by atoms with van der Waals surface area (Å²) in [5, 5.41) is 3.20. The lowest BCUT2D eigenvalue weighted by molar-refractivity contribution is 0.416. The normalized spacial score (nSPS) is 10.7. The predicted octanol–water partition coefficient (Wildman–Crippen LogP) is 3.35. The number of methoxy groups -OCH3 is 1. The second kappa shape index (κ2) is 5.60. The maximum absolute atomic E-state index is 5.55. The highest BCUT2D eigenvalue weighted by Crippen LogP contribution is 2.38. The summed E-state index contributed by atoms with van der Waals surface area (Å²) >= 11 is 0. The fraction of sp³-hybridized carbons (Fsp3) is 0.235. The molecule has 5 nitrogen and oxygen atoms in total. The van der Waals surface area contributed by atoms with Gasteiger partial charge in [0, 0.05) is 27.2 Å². The van der Waals surface area contributed by atoms with Crippen LogP contribution in [0.1, 0.15) is 0 Å². The molecule has 0 aliphatic heterocycles. The molecule has 0 radical (unpaired) electrons. The van der Waals surface area contributed by atoms with Gasteiger partial charge in [0.1, 0.15) is 11.6 Å². The van der Waals surface area contributed by atoms with E-state index >= 15 is 0 Å². The summed E-state index contributed by atoms with van der Waals surface area (Å²) in [6.45, 7) is 0. The number of nitrogens with zero attached hydrogens (tertiary/aromatic N) is 2. The summed E-state index contributed by atoms with van der Waals surface area (Å²) in [6.07, 6.45) is 0. The molecule has 0 fully saturated rings. The minimum Gasteiger partial charge on any atom is -0.496 e. The van der Waals surface area contributed by atoms with Crippen LogP contribution in [0.25, 0.3) is 22.4 Å². The molecule has 114 valence electrons. The summed E-state index contributed by atoms with van der Waals surface area (Å²) in [4.78, 5) is 10.1. The van der Waals surface area contributed by atoms with Gasteiger partial charge in [-0.1, -0.05) is 12.1 Å². The fourth-order valence-corrected chi connectivity index (χ4v) is 2.57. The number of aromatic amines is 1. The number of fused-ring (bicyclic) bond motifs is 1. The molecule has 0 spiro atoms. The molecule has 0 unspecified atom stereocenters. The van der Waals surface area contributed by atoms with Crippen molar-refractivity contribution < 1.29 is 4.74 Å². The number of ether oxygens (including phenoxy) is 1. The van der Waals surface area contributed by atoms with Crippen LogP contribution in [-0.2, 0) is 0 Å². The van der Waals surface area contributed by atoms with E-state index in [2.05, 4.69) is 26.3 Å². The van der Waals surface area contributed by atoms with E-state index < -0.39 is 0 Å². The summed E-state index contributed by atoms with van der Waals surface area (Å²) in [5.74, 6) is 1.60. The number of benzene rings is 2. The number of aromatic nitrogens is 2. The Hall–Kier alpha value is -2.69. The van der Waals surface area contributed by atoms with Crippen LogP contribution >= 0.6 is 0 Å². The van der Waals surface area contributed by atoms with Gasteiger partial charge in [-0.3, -0.25) is 0 Å². The maximum Gasteiger partial charge on any atom is 0.142 e. The minimum atomic E-state index is 0.786. The molecule has 0 atom stereocenters. The SMILES string of the molecule is CNc1cc(OC)c(-c2nc3ccccc3[nH]2)cc1N(C)C. The fourth-order valence-electron chi connectivity index (χ4n) is 2.57. The Kier molecular flexibility index (Phi) is 3.63. The Morgan fingerprint density at radius 2 is 1.95 bits per heavy atom. The Balaban J connectivity index is 2.21. The van der Waals surface area contributed by atoms with Gasteiger partial charge >= 0.3 is 0 Å². The van der Waals surface area contributed by atoms with E-state index in [9.17, 15) is 0 Å². The molecule has 22 heavy (non-hydrogen) atoms. The monoisotopic (exact) mass is 296 g/mol. The average Bonchev–Trinajstić information content (AvgIpc) is 2.97. The Morgan fingerprint density at radius 1 is 1.18 bits per heavy atom. The number of hydrogen-bond donors (Lipinski definition) is 2. The molecule has 0 bridgehead atoms. The van der Waals surface area contributed by atoms with E-state index in [1.165, 1.54) is 0 Å². The first-order chi connectivity index (χ1) is 10.6. The molecule has 2 N–H and O–H groups in total. The largest absolute Gasteiger partial charge is 0.496 e. The van der Waals surface area contributed by atoms with Gasteiger partial charge in [-0.05, 0) is 18.2 Å². The third kappa shape index (κ3) is 2.35. The zero-order valence-corrected chi connectivity index (χ0v) is 13.3. The molecule has 1 aromatic heterocycles. The average molecular weight is 296 g/mol. The van der Waals surface area contributed by atoms with E-state index in [1.54, 1.807) is 7.11 Å². The van der Waals surface area contributed by atoms with Crippen LogP contribution in [0.3, 0.4) is 0 Å². The van der Waals surface area contributed by atoms with Crippen LogP contribution in [0, 0.1) is 0 Å². The lowest BCUT2D eigenvalue weighted by atomic mass is 10.1. The van der Waals surface area contributed by atoms with Crippen LogP contribution < -0.4 is 15.0 Å². The van der Waals surface area contributed by atoms with E-state index in [4.69, 9.17) is 4.74 Å². The molecule has 5 heteroatoms. The summed E-state index contributed by atoms with van der Waals surface area (Å²) in [6, 6.07) is 12.1. The van der Waals surface area contributed by atoms with E-state index in [0.29, 0.717) is 0 Å². The van der Waals surface area contributed by atoms with Gasteiger partial charge in [-0.25, -0.2) is 4.98 Å². The Morgan fingerprint density at radius 3 is 2.59 bits per heavy atom. The van der Waals surface area contributed by atoms with E-state index in [0.717, 1.165) is 39.5 Å². The second-order valence-corrected chi connectivity index (χ2v) is 5.32. The van der Waals surface area contributed by atoms with Gasteiger partial charge in [0.25, 0.3) is 0 Å². The van der Waals surface area contributed by atoms with Crippen molar-refractivity contribution in [2.24, 2.45) is 0 Å². The highest BCUT2D eigenvalue weighted by atomic mass is 16.5. The van der Waals surface area contributed by atoms with Gasteiger partial charge in [-0.15, -0.1) is 0 Å². The number of imidazole rings is 1. The summed E-state index contributed by atoms with van der Waals surface area (Å²) < 4.78 is 5.55. The highest BCUT2D eigenvalue weighted by Gasteiger charge is 2.15. The lowest BCUT2D eigenvalue weighted by Gasteiger charge is -2.20. The van der Waals surface area contributed by atoms with Crippen molar-refractivity contribution >= 4 is 22.4 Å². The van der Waals surface area contributed by atoms with Crippen molar-refractivity contribution in [3.8, 4) is 17.1 Å². The predicted molar refractivity (Wildman–Crippen MR) is 92.0 cm³/mol. The lowest BCUT2D eigenvalue weighted by Crippen LogP contribution is -2.11. The van der Waals surface area contributed by atoms with Crippen LogP contribution in [0.15, 0.2) is 36.4 Å². The van der Waals surface area contributed by atoms with Crippen LogP contribution in [-0.4, -0.2) is 38.2 Å². The van der Waals surface area contributed by atoms with Crippen LogP contribution in [0.5, 0.6) is 5.75 Å². The van der Waals surface area contributed by atoms with E-state index in [1.807, 2.05) is 51.5 Å². The number of nitrogens with one attached hydrogen (secondary N) is 2. The van der Waals surface area contributed by atoms with Crippen LogP contribution in [0.2, 0.25) is 0 Å². The number of anilines is 2. The number of H-pyrrole nitrogens is 1. The van der Waals surface area contributed by atoms with E-state index in [-0.39, 0.29) is 0 Å². The quantitative estimate of drug-likeness (QED) is 0.775. The first kappa shape index (κ1) is 14.3. The second-order valence-electron chi connectivity index (χ2n) is 5.32. The standard InChI is InChI=1S/C17H20N4O/c1-18-14-10-16(22-4)11(9-15(14)21(2)3)17-19-12-7-5-6-8-13(12)20-17/h5-10,18H,1-4H3,(H,19,20). The maximum atomic E-state index is 5.55. The third-order valence-corrected chi connectivity index (χ3v) is 3.71. The summed E-state index contributed by atoms with van der Waals surface area (Å²) in [5.41, 5.74) is 5.01. The number of para-hydroxylation sites is 2. The highest BCUT2D eigenvalue weighted by molar-refractivity contribution is 5.85. The number of hydrogen-bond acceptors (Lipinski definition) is 4. The van der Waals surface area contributed by atoms with Gasteiger partial charge in [0.2, 0.25) is 0 Å². The van der Waals surface area contributed by atoms with Crippen LogP contribution in [0.4, 0.5) is 11.4 Å². The molecule has 1 heterocycles. The minimum absolute atomic E-state index is 0.786. The molecule has 3 rings (SSSR count). The summed E-state index contributed by atoms with van der Waals surface area (Å²) in [7, 11) is 7.62. The Bertz CT molecular complexity index is 775. The first-order valence-electron chi connectivity index (χ1n) is 7.16. The number of rotatable bonds is 4. The molecular formula is C17H20N4O. The third-order valence-electron chi connectivity index (χ3n) is 3.71. The molecular weight excluding hydrogens is 276 g/mol. The molecule has 2 aromatic carbocycles. The molecule has 0 saturated carbocycles. The van der Waals surface area contributed by atoms with Gasteiger partial charge in [0.05, 0.1) is 35.1 Å². The van der Waals surface area contributed by atoms with Crippen molar-refractivity contribution in [3.05, 3.63) is 36.4 Å². The molecule has 0 aliphatic carbocycles. The topological polar surface area (TPSA) is 53.2 Å². The van der Waals surface area contributed by atoms with Gasteiger partial charge < -0.3 is 19.9 Å².